The molecule has 3 aromatic rings. The number of fused-ring (bicyclic) bond motifs is 5. The van der Waals surface area contributed by atoms with Gasteiger partial charge in [0.2, 0.25) is 5.95 Å². The van der Waals surface area contributed by atoms with Crippen molar-refractivity contribution in [1.29, 1.82) is 5.26 Å². The molecule has 0 amide bonds. The van der Waals surface area contributed by atoms with Crippen LogP contribution in [0, 0.1) is 18.3 Å². The number of piperidine rings is 1. The number of rotatable bonds is 0. The molecule has 1 fully saturated rings. The summed E-state index contributed by atoms with van der Waals surface area (Å²) in [7, 11) is 1.77. The number of aromatic nitrogens is 4. The molecule has 1 aromatic carbocycles. The third-order valence-electron chi connectivity index (χ3n) is 6.32. The summed E-state index contributed by atoms with van der Waals surface area (Å²) >= 11 is 0. The molecule has 5 heterocycles. The lowest BCUT2D eigenvalue weighted by molar-refractivity contribution is 0.172. The van der Waals surface area contributed by atoms with Gasteiger partial charge in [0.15, 0.2) is 5.65 Å². The van der Waals surface area contributed by atoms with Crippen LogP contribution in [0.4, 0.5) is 11.6 Å². The van der Waals surface area contributed by atoms with Gasteiger partial charge in [-0.3, -0.25) is 9.13 Å². The van der Waals surface area contributed by atoms with E-state index in [0.29, 0.717) is 29.5 Å². The normalized spacial score (nSPS) is 20.9. The maximum atomic E-state index is 13.0. The van der Waals surface area contributed by atoms with E-state index in [1.165, 1.54) is 0 Å². The number of anilines is 2. The lowest BCUT2D eigenvalue weighted by atomic mass is 10.0. The van der Waals surface area contributed by atoms with Crippen LogP contribution in [-0.4, -0.2) is 50.2 Å². The molecule has 0 atom stereocenters. The SMILES string of the molecule is Cc1cc(C#N)c2cc1Nc1ncc3c(n1)n(c(=O)n3C)C1CCN(CCCO2)CC1. The number of benzene rings is 1. The highest BCUT2D eigenvalue weighted by atomic mass is 16.5. The van der Waals surface area contributed by atoms with Crippen LogP contribution in [0.2, 0.25) is 0 Å². The third-order valence-corrected chi connectivity index (χ3v) is 6.32. The molecule has 0 saturated carbocycles. The number of hydrogen-bond acceptors (Lipinski definition) is 7. The van der Waals surface area contributed by atoms with E-state index in [-0.39, 0.29) is 11.7 Å². The van der Waals surface area contributed by atoms with Crippen molar-refractivity contribution in [2.24, 2.45) is 7.05 Å². The van der Waals surface area contributed by atoms with E-state index < -0.39 is 0 Å². The third kappa shape index (κ3) is 3.43. The van der Waals surface area contributed by atoms with Gasteiger partial charge in [-0.05, 0) is 37.8 Å². The van der Waals surface area contributed by atoms with Crippen molar-refractivity contribution in [2.75, 3.05) is 31.6 Å². The monoisotopic (exact) mass is 419 g/mol. The van der Waals surface area contributed by atoms with Gasteiger partial charge in [-0.1, -0.05) is 0 Å². The van der Waals surface area contributed by atoms with Crippen LogP contribution >= 0.6 is 0 Å². The fourth-order valence-corrected chi connectivity index (χ4v) is 4.55. The minimum Gasteiger partial charge on any atom is -0.492 e. The molecule has 0 aliphatic carbocycles. The van der Waals surface area contributed by atoms with Gasteiger partial charge in [-0.15, -0.1) is 0 Å². The minimum absolute atomic E-state index is 0.0498. The second-order valence-corrected chi connectivity index (χ2v) is 8.29. The Labute approximate surface area is 179 Å². The fourth-order valence-electron chi connectivity index (χ4n) is 4.55. The second-order valence-electron chi connectivity index (χ2n) is 8.29. The lowest BCUT2D eigenvalue weighted by Gasteiger charge is -2.32. The molecule has 0 radical (unpaired) electrons. The van der Waals surface area contributed by atoms with Crippen molar-refractivity contribution in [1.82, 2.24) is 24.0 Å². The van der Waals surface area contributed by atoms with E-state index in [2.05, 4.69) is 21.3 Å². The molecule has 3 aliphatic rings. The Hall–Kier alpha value is -3.38. The van der Waals surface area contributed by atoms with E-state index in [0.717, 1.165) is 55.7 Å². The largest absolute Gasteiger partial charge is 0.492 e. The highest BCUT2D eigenvalue weighted by molar-refractivity contribution is 5.73. The van der Waals surface area contributed by atoms with Crippen molar-refractivity contribution in [3.8, 4) is 11.8 Å². The predicted molar refractivity (Wildman–Crippen MR) is 117 cm³/mol. The zero-order valence-corrected chi connectivity index (χ0v) is 17.8. The van der Waals surface area contributed by atoms with E-state index in [1.807, 2.05) is 23.6 Å². The summed E-state index contributed by atoms with van der Waals surface area (Å²) in [5.41, 5.74) is 3.50. The van der Waals surface area contributed by atoms with Crippen molar-refractivity contribution in [3.63, 3.8) is 0 Å². The molecular weight excluding hydrogens is 394 g/mol. The molecule has 31 heavy (non-hydrogen) atoms. The van der Waals surface area contributed by atoms with Gasteiger partial charge in [0.25, 0.3) is 0 Å². The van der Waals surface area contributed by atoms with E-state index in [1.54, 1.807) is 17.8 Å². The molecule has 160 valence electrons. The Balaban J connectivity index is 1.64. The van der Waals surface area contributed by atoms with Crippen molar-refractivity contribution in [2.45, 2.75) is 32.2 Å². The topological polar surface area (TPSA) is 101 Å². The molecule has 6 bridgehead atoms. The van der Waals surface area contributed by atoms with Crippen molar-refractivity contribution < 1.29 is 4.74 Å². The molecule has 9 nitrogen and oxygen atoms in total. The Bertz CT molecular complexity index is 1250. The van der Waals surface area contributed by atoms with Crippen LogP contribution in [0.15, 0.2) is 23.1 Å². The van der Waals surface area contributed by atoms with Crippen LogP contribution in [0.1, 0.15) is 36.4 Å². The summed E-state index contributed by atoms with van der Waals surface area (Å²) in [5.74, 6) is 0.967. The average Bonchev–Trinajstić information content (AvgIpc) is 3.02. The van der Waals surface area contributed by atoms with Gasteiger partial charge in [0.05, 0.1) is 18.4 Å². The van der Waals surface area contributed by atoms with E-state index in [9.17, 15) is 10.1 Å². The number of imidazole rings is 1. The Morgan fingerprint density at radius 3 is 2.84 bits per heavy atom. The summed E-state index contributed by atoms with van der Waals surface area (Å²) in [5, 5.41) is 12.8. The molecule has 0 spiro atoms. The number of ether oxygens (including phenoxy) is 1. The highest BCUT2D eigenvalue weighted by Crippen LogP contribution is 2.30. The summed E-state index contributed by atoms with van der Waals surface area (Å²) in [6.45, 7) is 5.27. The average molecular weight is 419 g/mol. The Morgan fingerprint density at radius 2 is 2.06 bits per heavy atom. The number of aryl methyl sites for hydroxylation is 2. The van der Waals surface area contributed by atoms with Gasteiger partial charge in [0, 0.05) is 44.5 Å². The smallest absolute Gasteiger partial charge is 0.330 e. The molecule has 6 rings (SSSR count). The van der Waals surface area contributed by atoms with Crippen LogP contribution < -0.4 is 15.7 Å². The van der Waals surface area contributed by atoms with E-state index >= 15 is 0 Å². The summed E-state index contributed by atoms with van der Waals surface area (Å²) in [6, 6.07) is 5.99. The summed E-state index contributed by atoms with van der Waals surface area (Å²) in [4.78, 5) is 24.6. The van der Waals surface area contributed by atoms with Crippen LogP contribution in [0.25, 0.3) is 11.2 Å². The van der Waals surface area contributed by atoms with Crippen molar-refractivity contribution in [3.05, 3.63) is 39.9 Å². The van der Waals surface area contributed by atoms with Crippen LogP contribution in [0.3, 0.4) is 0 Å². The maximum Gasteiger partial charge on any atom is 0.330 e. The Morgan fingerprint density at radius 1 is 1.26 bits per heavy atom. The molecule has 2 aromatic heterocycles. The molecule has 9 heteroatoms. The van der Waals surface area contributed by atoms with Crippen molar-refractivity contribution >= 4 is 22.8 Å². The highest BCUT2D eigenvalue weighted by Gasteiger charge is 2.26. The predicted octanol–water partition coefficient (Wildman–Crippen LogP) is 2.47. The quantitative estimate of drug-likeness (QED) is 0.597. The minimum atomic E-state index is -0.0498. The number of hydrogen-bond donors (Lipinski definition) is 1. The van der Waals surface area contributed by atoms with Gasteiger partial charge in [-0.25, -0.2) is 9.78 Å². The fraction of sp³-hybridized carbons (Fsp3) is 0.455. The number of nitrogens with one attached hydrogen (secondary N) is 1. The first-order valence-corrected chi connectivity index (χ1v) is 10.7. The van der Waals surface area contributed by atoms with Crippen LogP contribution in [0.5, 0.6) is 5.75 Å². The summed E-state index contributed by atoms with van der Waals surface area (Å²) in [6.07, 6.45) is 4.38. The lowest BCUT2D eigenvalue weighted by Crippen LogP contribution is -2.38. The first-order valence-electron chi connectivity index (χ1n) is 10.7. The molecule has 1 saturated heterocycles. The zero-order chi connectivity index (χ0) is 21.5. The number of nitriles is 1. The molecular formula is C22H25N7O2. The maximum absolute atomic E-state index is 13.0. The number of nitrogens with zero attached hydrogens (tertiary/aromatic N) is 6. The Kier molecular flexibility index (Phi) is 4.87. The second kappa shape index (κ2) is 7.71. The first-order chi connectivity index (χ1) is 15.0. The van der Waals surface area contributed by atoms with Gasteiger partial charge in [-0.2, -0.15) is 10.2 Å². The standard InChI is InChI=1S/C22H25N7O2/c1-14-10-15(12-23)19-11-17(14)25-21-24-13-18-20(26-21)29(22(30)27(18)2)16-4-7-28(8-5-16)6-3-9-31-19/h10-11,13,16H,3-9H2,1-2H3,(H,24,25,26). The molecule has 1 N–H and O–H groups in total. The van der Waals surface area contributed by atoms with E-state index in [4.69, 9.17) is 9.72 Å². The van der Waals surface area contributed by atoms with Gasteiger partial charge >= 0.3 is 5.69 Å². The molecule has 0 unspecified atom stereocenters. The van der Waals surface area contributed by atoms with Gasteiger partial charge < -0.3 is 15.0 Å². The van der Waals surface area contributed by atoms with Gasteiger partial charge in [0.1, 0.15) is 17.3 Å². The van der Waals surface area contributed by atoms with Crippen LogP contribution in [-0.2, 0) is 7.05 Å². The first kappa shape index (κ1) is 19.6. The molecule has 3 aliphatic heterocycles. The summed E-state index contributed by atoms with van der Waals surface area (Å²) < 4.78 is 9.43. The zero-order valence-electron chi connectivity index (χ0n) is 17.8.